The van der Waals surface area contributed by atoms with E-state index >= 15 is 0 Å². The molecule has 2 rings (SSSR count). The first-order valence-corrected chi connectivity index (χ1v) is 5.70. The van der Waals surface area contributed by atoms with Crippen LogP contribution in [0.25, 0.3) is 10.8 Å². The number of nitrogens with two attached hydrogens (primary N) is 1. The molecule has 1 atom stereocenters. The van der Waals surface area contributed by atoms with Gasteiger partial charge >= 0.3 is 6.18 Å². The van der Waals surface area contributed by atoms with Gasteiger partial charge in [-0.15, -0.1) is 0 Å². The molecular weight excluding hydrogens is 295 g/mol. The molecule has 0 heterocycles. The Morgan fingerprint density at radius 1 is 1.00 bits per heavy atom. The summed E-state index contributed by atoms with van der Waals surface area (Å²) in [7, 11) is 0. The third-order valence-electron chi connectivity index (χ3n) is 2.59. The number of halogens is 4. The lowest BCUT2D eigenvalue weighted by Gasteiger charge is -2.18. The average Bonchev–Trinajstić information content (AvgIpc) is 2.27. The predicted octanol–water partition coefficient (Wildman–Crippen LogP) is 4.16. The zero-order valence-corrected chi connectivity index (χ0v) is 10.2. The Bertz CT molecular complexity index is 551. The molecule has 0 spiro atoms. The van der Waals surface area contributed by atoms with Crippen molar-refractivity contribution < 1.29 is 13.2 Å². The highest BCUT2D eigenvalue weighted by atomic mass is 79.9. The molecule has 0 saturated heterocycles. The van der Waals surface area contributed by atoms with Crippen LogP contribution in [0, 0.1) is 0 Å². The van der Waals surface area contributed by atoms with Gasteiger partial charge in [0.05, 0.1) is 0 Å². The Kier molecular flexibility index (Phi) is 3.14. The maximum atomic E-state index is 12.6. The zero-order valence-electron chi connectivity index (χ0n) is 8.63. The largest absolute Gasteiger partial charge is 0.407 e. The summed E-state index contributed by atoms with van der Waals surface area (Å²) in [5, 5.41) is 1.25. The van der Waals surface area contributed by atoms with Gasteiger partial charge in [-0.2, -0.15) is 13.2 Å². The summed E-state index contributed by atoms with van der Waals surface area (Å²) in [6.45, 7) is 0. The molecule has 0 aromatic heterocycles. The first kappa shape index (κ1) is 12.4. The number of fused-ring (bicyclic) bond motifs is 1. The topological polar surface area (TPSA) is 26.0 Å². The number of hydrogen-bond acceptors (Lipinski definition) is 1. The minimum atomic E-state index is -4.43. The van der Waals surface area contributed by atoms with Crippen molar-refractivity contribution in [1.29, 1.82) is 0 Å². The second-order valence-electron chi connectivity index (χ2n) is 3.70. The molecule has 0 unspecified atom stereocenters. The van der Waals surface area contributed by atoms with Crippen LogP contribution < -0.4 is 5.73 Å². The summed E-state index contributed by atoms with van der Waals surface area (Å²) >= 11 is 3.31. The van der Waals surface area contributed by atoms with Crippen LogP contribution in [0.2, 0.25) is 0 Å². The third kappa shape index (κ3) is 2.30. The third-order valence-corrected chi connectivity index (χ3v) is 3.28. The fraction of sp³-hybridized carbons (Fsp3) is 0.167. The second kappa shape index (κ2) is 4.31. The van der Waals surface area contributed by atoms with Crippen LogP contribution in [0.1, 0.15) is 11.6 Å². The summed E-state index contributed by atoms with van der Waals surface area (Å²) in [6.07, 6.45) is -4.43. The van der Waals surface area contributed by atoms with Crippen molar-refractivity contribution in [2.45, 2.75) is 12.2 Å². The van der Waals surface area contributed by atoms with Crippen LogP contribution in [0.3, 0.4) is 0 Å². The molecule has 0 radical (unpaired) electrons. The molecule has 0 fully saturated rings. The summed E-state index contributed by atoms with van der Waals surface area (Å²) in [5.41, 5.74) is 5.34. The van der Waals surface area contributed by atoms with Crippen molar-refractivity contribution in [3.63, 3.8) is 0 Å². The van der Waals surface area contributed by atoms with Crippen molar-refractivity contribution in [1.82, 2.24) is 0 Å². The Labute approximate surface area is 105 Å². The summed E-state index contributed by atoms with van der Waals surface area (Å²) in [6, 6.07) is 7.90. The zero-order chi connectivity index (χ0) is 12.6. The molecule has 0 aliphatic rings. The monoisotopic (exact) mass is 303 g/mol. The van der Waals surface area contributed by atoms with Gasteiger partial charge in [-0.1, -0.05) is 46.3 Å². The lowest BCUT2D eigenvalue weighted by molar-refractivity contribution is -0.148. The molecule has 0 aliphatic heterocycles. The lowest BCUT2D eigenvalue weighted by atomic mass is 9.99. The summed E-state index contributed by atoms with van der Waals surface area (Å²) in [4.78, 5) is 0. The Morgan fingerprint density at radius 2 is 1.59 bits per heavy atom. The SMILES string of the molecule is N[C@@H](c1cccc2c(Br)cccc12)C(F)(F)F. The van der Waals surface area contributed by atoms with Crippen molar-refractivity contribution >= 4 is 26.7 Å². The summed E-state index contributed by atoms with van der Waals surface area (Å²) in [5.74, 6) is 0. The summed E-state index contributed by atoms with van der Waals surface area (Å²) < 4.78 is 38.6. The lowest BCUT2D eigenvalue weighted by Crippen LogP contribution is -2.28. The molecule has 0 bridgehead atoms. The van der Waals surface area contributed by atoms with E-state index in [1.54, 1.807) is 30.3 Å². The standard InChI is InChI=1S/C12H9BrF3N/c13-10-6-2-3-7-8(10)4-1-5-9(7)11(17)12(14,15)16/h1-6,11H,17H2/t11-/m0/s1. The maximum Gasteiger partial charge on any atom is 0.407 e. The number of benzene rings is 2. The van der Waals surface area contributed by atoms with E-state index in [1.165, 1.54) is 6.07 Å². The highest BCUT2D eigenvalue weighted by Crippen LogP contribution is 2.35. The quantitative estimate of drug-likeness (QED) is 0.841. The van der Waals surface area contributed by atoms with Crippen LogP contribution in [0.4, 0.5) is 13.2 Å². The van der Waals surface area contributed by atoms with Crippen LogP contribution >= 0.6 is 15.9 Å². The van der Waals surface area contributed by atoms with Gasteiger partial charge in [-0.05, 0) is 22.4 Å². The molecule has 0 aliphatic carbocycles. The molecule has 0 amide bonds. The van der Waals surface area contributed by atoms with Gasteiger partial charge in [0.15, 0.2) is 0 Å². The van der Waals surface area contributed by atoms with Crippen molar-refractivity contribution in [2.24, 2.45) is 5.73 Å². The normalized spacial score (nSPS) is 13.9. The highest BCUT2D eigenvalue weighted by Gasteiger charge is 2.38. The van der Waals surface area contributed by atoms with Gasteiger partial charge in [0.2, 0.25) is 0 Å². The molecular formula is C12H9BrF3N. The average molecular weight is 304 g/mol. The van der Waals surface area contributed by atoms with E-state index in [0.717, 1.165) is 9.86 Å². The molecule has 17 heavy (non-hydrogen) atoms. The van der Waals surface area contributed by atoms with Crippen LogP contribution in [0.15, 0.2) is 40.9 Å². The van der Waals surface area contributed by atoms with Gasteiger partial charge < -0.3 is 5.73 Å². The van der Waals surface area contributed by atoms with E-state index in [0.29, 0.717) is 5.39 Å². The van der Waals surface area contributed by atoms with Crippen molar-refractivity contribution in [2.75, 3.05) is 0 Å². The van der Waals surface area contributed by atoms with E-state index in [2.05, 4.69) is 15.9 Å². The first-order chi connectivity index (χ1) is 7.91. The molecule has 1 nitrogen and oxygen atoms in total. The number of rotatable bonds is 1. The van der Waals surface area contributed by atoms with Gasteiger partial charge in [0.1, 0.15) is 6.04 Å². The van der Waals surface area contributed by atoms with Crippen molar-refractivity contribution in [3.05, 3.63) is 46.4 Å². The van der Waals surface area contributed by atoms with E-state index in [4.69, 9.17) is 5.73 Å². The molecule has 2 N–H and O–H groups in total. The van der Waals surface area contributed by atoms with E-state index in [-0.39, 0.29) is 5.56 Å². The molecule has 0 saturated carbocycles. The fourth-order valence-electron chi connectivity index (χ4n) is 1.74. The van der Waals surface area contributed by atoms with E-state index in [9.17, 15) is 13.2 Å². The smallest absolute Gasteiger partial charge is 0.316 e. The first-order valence-electron chi connectivity index (χ1n) is 4.90. The van der Waals surface area contributed by atoms with Crippen LogP contribution in [-0.2, 0) is 0 Å². The Morgan fingerprint density at radius 3 is 2.24 bits per heavy atom. The molecule has 2 aromatic rings. The molecule has 5 heteroatoms. The number of alkyl halides is 3. The van der Waals surface area contributed by atoms with Crippen LogP contribution in [-0.4, -0.2) is 6.18 Å². The minimum absolute atomic E-state index is 0.0938. The highest BCUT2D eigenvalue weighted by molar-refractivity contribution is 9.10. The van der Waals surface area contributed by atoms with Gasteiger partial charge in [-0.25, -0.2) is 0 Å². The molecule has 90 valence electrons. The Hall–Kier alpha value is -1.07. The Balaban J connectivity index is 2.67. The molecule has 2 aromatic carbocycles. The van der Waals surface area contributed by atoms with Crippen molar-refractivity contribution in [3.8, 4) is 0 Å². The van der Waals surface area contributed by atoms with E-state index in [1.807, 2.05) is 0 Å². The van der Waals surface area contributed by atoms with Gasteiger partial charge in [-0.3, -0.25) is 0 Å². The number of hydrogen-bond donors (Lipinski definition) is 1. The van der Waals surface area contributed by atoms with Gasteiger partial charge in [0.25, 0.3) is 0 Å². The van der Waals surface area contributed by atoms with Crippen LogP contribution in [0.5, 0.6) is 0 Å². The van der Waals surface area contributed by atoms with Gasteiger partial charge in [0, 0.05) is 4.47 Å². The predicted molar refractivity (Wildman–Crippen MR) is 64.6 cm³/mol. The fourth-order valence-corrected chi connectivity index (χ4v) is 2.24. The maximum absolute atomic E-state index is 12.6. The van der Waals surface area contributed by atoms with E-state index < -0.39 is 12.2 Å². The second-order valence-corrected chi connectivity index (χ2v) is 4.56. The minimum Gasteiger partial charge on any atom is -0.316 e.